The number of aliphatic hydroxyl groups is 1. The summed E-state index contributed by atoms with van der Waals surface area (Å²) in [6, 6.07) is 3.45. The minimum absolute atomic E-state index is 0.0276. The van der Waals surface area contributed by atoms with Gasteiger partial charge in [-0.05, 0) is 24.3 Å². The van der Waals surface area contributed by atoms with Crippen molar-refractivity contribution in [1.29, 1.82) is 0 Å². The van der Waals surface area contributed by atoms with E-state index in [4.69, 9.17) is 5.11 Å². The number of hydrogen-bond donors (Lipinski definition) is 2. The van der Waals surface area contributed by atoms with E-state index in [1.165, 1.54) is 0 Å². The maximum absolute atomic E-state index is 11.9. The lowest BCUT2D eigenvalue weighted by Gasteiger charge is -2.08. The summed E-state index contributed by atoms with van der Waals surface area (Å²) in [4.78, 5) is 16.0. The van der Waals surface area contributed by atoms with Gasteiger partial charge in [-0.15, -0.1) is 0 Å². The maximum atomic E-state index is 11.9. The maximum Gasteiger partial charge on any atom is 0.229 e. The van der Waals surface area contributed by atoms with Crippen LogP contribution in [0.1, 0.15) is 12.0 Å². The molecule has 0 radical (unpaired) electrons. The number of pyridine rings is 1. The molecule has 0 saturated carbocycles. The molecule has 2 N–H and O–H groups in total. The van der Waals surface area contributed by atoms with Crippen molar-refractivity contribution < 1.29 is 9.90 Å². The van der Waals surface area contributed by atoms with Crippen molar-refractivity contribution in [2.75, 3.05) is 23.4 Å². The topological polar surface area (TPSA) is 62.2 Å². The summed E-state index contributed by atoms with van der Waals surface area (Å²) in [6.45, 7) is -0.177. The highest BCUT2D eigenvalue weighted by molar-refractivity contribution is 7.99. The Kier molecular flexibility index (Phi) is 4.62. The number of rotatable bonds is 2. The van der Waals surface area contributed by atoms with Crippen LogP contribution in [0.2, 0.25) is 0 Å². The number of hydrogen-bond acceptors (Lipinski definition) is 4. The summed E-state index contributed by atoms with van der Waals surface area (Å²) >= 11 is 1.80. The summed E-state index contributed by atoms with van der Waals surface area (Å²) in [5, 5.41) is 11.4. The smallest absolute Gasteiger partial charge is 0.229 e. The van der Waals surface area contributed by atoms with E-state index in [-0.39, 0.29) is 18.4 Å². The Hall–Kier alpha value is -1.51. The molecule has 1 fully saturated rings. The molecule has 1 amide bonds. The lowest BCUT2D eigenvalue weighted by atomic mass is 10.1. The van der Waals surface area contributed by atoms with Crippen molar-refractivity contribution in [2.24, 2.45) is 5.92 Å². The molecule has 94 valence electrons. The van der Waals surface area contributed by atoms with Crippen molar-refractivity contribution in [1.82, 2.24) is 4.98 Å². The van der Waals surface area contributed by atoms with Crippen LogP contribution in [0.4, 0.5) is 5.82 Å². The number of anilines is 1. The predicted octanol–water partition coefficient (Wildman–Crippen LogP) is 1.12. The van der Waals surface area contributed by atoms with Gasteiger partial charge in [-0.25, -0.2) is 4.98 Å². The molecule has 0 spiro atoms. The second kappa shape index (κ2) is 6.43. The van der Waals surface area contributed by atoms with Crippen molar-refractivity contribution in [2.45, 2.75) is 6.42 Å². The Labute approximate surface area is 110 Å². The van der Waals surface area contributed by atoms with E-state index in [0.717, 1.165) is 23.5 Å². The fraction of sp³-hybridized carbons (Fsp3) is 0.385. The molecule has 1 aromatic rings. The fourth-order valence-electron chi connectivity index (χ4n) is 1.69. The minimum Gasteiger partial charge on any atom is -0.384 e. The molecule has 4 nitrogen and oxygen atoms in total. The Morgan fingerprint density at radius 1 is 1.67 bits per heavy atom. The number of carbonyl (C=O) groups excluding carboxylic acids is 1. The molecule has 1 unspecified atom stereocenters. The number of thioether (sulfide) groups is 1. The lowest BCUT2D eigenvalue weighted by Crippen LogP contribution is -2.22. The van der Waals surface area contributed by atoms with E-state index in [1.54, 1.807) is 30.1 Å². The molecule has 0 bridgehead atoms. The SMILES string of the molecule is O=C(Nc1cc(C#CCO)ccn1)C1CCSC1. The van der Waals surface area contributed by atoms with Crippen molar-refractivity contribution in [3.8, 4) is 11.8 Å². The van der Waals surface area contributed by atoms with Crippen LogP contribution in [0, 0.1) is 17.8 Å². The highest BCUT2D eigenvalue weighted by atomic mass is 32.2. The van der Waals surface area contributed by atoms with Gasteiger partial charge in [0.1, 0.15) is 12.4 Å². The zero-order chi connectivity index (χ0) is 12.8. The van der Waals surface area contributed by atoms with Gasteiger partial charge in [0.2, 0.25) is 5.91 Å². The predicted molar refractivity (Wildman–Crippen MR) is 72.3 cm³/mol. The third-order valence-electron chi connectivity index (χ3n) is 2.62. The average Bonchev–Trinajstić information content (AvgIpc) is 2.91. The van der Waals surface area contributed by atoms with Gasteiger partial charge < -0.3 is 10.4 Å². The second-order valence-electron chi connectivity index (χ2n) is 3.94. The van der Waals surface area contributed by atoms with Crippen LogP contribution in [0.25, 0.3) is 0 Å². The monoisotopic (exact) mass is 262 g/mol. The van der Waals surface area contributed by atoms with Crippen LogP contribution in [0.15, 0.2) is 18.3 Å². The second-order valence-corrected chi connectivity index (χ2v) is 5.09. The molecule has 1 atom stereocenters. The Bertz CT molecular complexity index is 487. The molecule has 0 aliphatic carbocycles. The van der Waals surface area contributed by atoms with Crippen LogP contribution in [0.3, 0.4) is 0 Å². The lowest BCUT2D eigenvalue weighted by molar-refractivity contribution is -0.119. The summed E-state index contributed by atoms with van der Waals surface area (Å²) in [7, 11) is 0. The summed E-state index contributed by atoms with van der Waals surface area (Å²) < 4.78 is 0. The molecular formula is C13H14N2O2S. The van der Waals surface area contributed by atoms with E-state index in [0.29, 0.717) is 5.82 Å². The molecular weight excluding hydrogens is 248 g/mol. The largest absolute Gasteiger partial charge is 0.384 e. The number of carbonyl (C=O) groups is 1. The van der Waals surface area contributed by atoms with Crippen LogP contribution >= 0.6 is 11.8 Å². The van der Waals surface area contributed by atoms with Crippen molar-refractivity contribution >= 4 is 23.5 Å². The summed E-state index contributed by atoms with van der Waals surface area (Å²) in [5.41, 5.74) is 0.732. The van der Waals surface area contributed by atoms with Gasteiger partial charge in [0, 0.05) is 23.4 Å². The van der Waals surface area contributed by atoms with E-state index >= 15 is 0 Å². The van der Waals surface area contributed by atoms with Gasteiger partial charge >= 0.3 is 0 Å². The molecule has 2 heterocycles. The molecule has 1 aliphatic heterocycles. The fourth-order valence-corrected chi connectivity index (χ4v) is 2.91. The number of nitrogens with zero attached hydrogens (tertiary/aromatic N) is 1. The Morgan fingerprint density at radius 3 is 3.28 bits per heavy atom. The highest BCUT2D eigenvalue weighted by Crippen LogP contribution is 2.24. The van der Waals surface area contributed by atoms with E-state index in [1.807, 2.05) is 0 Å². The summed E-state index contributed by atoms with van der Waals surface area (Å²) in [6.07, 6.45) is 2.53. The van der Waals surface area contributed by atoms with Crippen molar-refractivity contribution in [3.63, 3.8) is 0 Å². The Balaban J connectivity index is 2.02. The van der Waals surface area contributed by atoms with Crippen molar-refractivity contribution in [3.05, 3.63) is 23.9 Å². The third kappa shape index (κ3) is 3.49. The van der Waals surface area contributed by atoms with E-state index in [9.17, 15) is 4.79 Å². The molecule has 5 heteroatoms. The zero-order valence-electron chi connectivity index (χ0n) is 9.85. The van der Waals surface area contributed by atoms with E-state index in [2.05, 4.69) is 22.1 Å². The molecule has 1 saturated heterocycles. The summed E-state index contributed by atoms with van der Waals surface area (Å²) in [5.74, 6) is 7.91. The van der Waals surface area contributed by atoms with Gasteiger partial charge in [0.15, 0.2) is 0 Å². The van der Waals surface area contributed by atoms with Gasteiger partial charge in [-0.3, -0.25) is 4.79 Å². The highest BCUT2D eigenvalue weighted by Gasteiger charge is 2.23. The van der Waals surface area contributed by atoms with Gasteiger partial charge in [-0.1, -0.05) is 11.8 Å². The number of aromatic nitrogens is 1. The number of amides is 1. The van der Waals surface area contributed by atoms with Gasteiger partial charge in [0.25, 0.3) is 0 Å². The van der Waals surface area contributed by atoms with Gasteiger partial charge in [-0.2, -0.15) is 11.8 Å². The minimum atomic E-state index is -0.177. The third-order valence-corrected chi connectivity index (χ3v) is 3.79. The first-order valence-electron chi connectivity index (χ1n) is 5.74. The molecule has 1 aromatic heterocycles. The average molecular weight is 262 g/mol. The van der Waals surface area contributed by atoms with Crippen LogP contribution in [-0.4, -0.2) is 34.1 Å². The standard InChI is InChI=1S/C13H14N2O2S/c16-6-1-2-10-3-5-14-12(8-10)15-13(17)11-4-7-18-9-11/h3,5,8,11,16H,4,6-7,9H2,(H,14,15,17). The number of nitrogens with one attached hydrogen (secondary N) is 1. The first-order chi connectivity index (χ1) is 8.79. The Morgan fingerprint density at radius 2 is 2.56 bits per heavy atom. The van der Waals surface area contributed by atoms with Crippen LogP contribution in [-0.2, 0) is 4.79 Å². The quantitative estimate of drug-likeness (QED) is 0.784. The first kappa shape index (κ1) is 12.9. The zero-order valence-corrected chi connectivity index (χ0v) is 10.7. The molecule has 2 rings (SSSR count). The van der Waals surface area contributed by atoms with Crippen LogP contribution in [0.5, 0.6) is 0 Å². The van der Waals surface area contributed by atoms with Gasteiger partial charge in [0.05, 0.1) is 0 Å². The van der Waals surface area contributed by atoms with E-state index < -0.39 is 0 Å². The van der Waals surface area contributed by atoms with Crippen LogP contribution < -0.4 is 5.32 Å². The first-order valence-corrected chi connectivity index (χ1v) is 6.89. The normalized spacial score (nSPS) is 17.9. The molecule has 0 aromatic carbocycles. The molecule has 18 heavy (non-hydrogen) atoms. The number of aliphatic hydroxyl groups excluding tert-OH is 1. The molecule has 1 aliphatic rings.